The quantitative estimate of drug-likeness (QED) is 0.383. The lowest BCUT2D eigenvalue weighted by Crippen LogP contribution is -2.30. The lowest BCUT2D eigenvalue weighted by Gasteiger charge is -2.26. The van der Waals surface area contributed by atoms with Crippen LogP contribution in [0.3, 0.4) is 0 Å². The maximum atomic E-state index is 13.1. The Bertz CT molecular complexity index is 1430. The minimum Gasteiger partial charge on any atom is -0.307 e. The maximum absolute atomic E-state index is 13.1. The molecule has 196 valence electrons. The largest absolute Gasteiger partial charge is 0.307 e. The zero-order valence-electron chi connectivity index (χ0n) is 22.1. The number of aromatic nitrogens is 4. The van der Waals surface area contributed by atoms with Crippen molar-refractivity contribution in [2.75, 3.05) is 31.5 Å². The van der Waals surface area contributed by atoms with Gasteiger partial charge >= 0.3 is 0 Å². The summed E-state index contributed by atoms with van der Waals surface area (Å²) in [6.07, 6.45) is 11.9. The fourth-order valence-corrected chi connectivity index (χ4v) is 5.65. The summed E-state index contributed by atoms with van der Waals surface area (Å²) in [7, 11) is 2.00. The average molecular weight is 510 g/mol. The molecule has 0 spiro atoms. The first-order chi connectivity index (χ1) is 18.6. The number of aryl methyl sites for hydroxylation is 1. The van der Waals surface area contributed by atoms with Gasteiger partial charge in [-0.1, -0.05) is 18.6 Å². The lowest BCUT2D eigenvalue weighted by atomic mass is 10.1. The predicted molar refractivity (Wildman–Crippen MR) is 150 cm³/mol. The molecular weight excluding hydrogens is 474 g/mol. The molecule has 0 aliphatic carbocycles. The van der Waals surface area contributed by atoms with E-state index in [0.717, 1.165) is 61.3 Å². The van der Waals surface area contributed by atoms with Crippen LogP contribution in [0, 0.1) is 0 Å². The number of carbonyl (C=O) groups excluding carboxylic acids is 1. The molecule has 2 aliphatic rings. The van der Waals surface area contributed by atoms with Crippen molar-refractivity contribution in [1.82, 2.24) is 29.5 Å². The zero-order valence-corrected chi connectivity index (χ0v) is 22.1. The average Bonchev–Trinajstić information content (AvgIpc) is 3.59. The van der Waals surface area contributed by atoms with Gasteiger partial charge in [-0.25, -0.2) is 4.98 Å². The van der Waals surface area contributed by atoms with Gasteiger partial charge in [0.15, 0.2) is 0 Å². The summed E-state index contributed by atoms with van der Waals surface area (Å²) < 4.78 is 1.96. The molecule has 1 N–H and O–H groups in total. The van der Waals surface area contributed by atoms with Crippen LogP contribution >= 0.6 is 0 Å². The van der Waals surface area contributed by atoms with E-state index < -0.39 is 0 Å². The maximum Gasteiger partial charge on any atom is 0.256 e. The van der Waals surface area contributed by atoms with Crippen LogP contribution in [0.25, 0.3) is 22.0 Å². The number of fused-ring (bicyclic) bond motifs is 1. The number of piperidine rings is 1. The van der Waals surface area contributed by atoms with E-state index in [1.165, 1.54) is 43.4 Å². The van der Waals surface area contributed by atoms with Gasteiger partial charge in [-0.3, -0.25) is 24.3 Å². The van der Waals surface area contributed by atoms with Crippen LogP contribution in [-0.2, 0) is 20.1 Å². The number of likely N-dealkylation sites (tertiary alicyclic amines) is 2. The van der Waals surface area contributed by atoms with Gasteiger partial charge in [-0.15, -0.1) is 0 Å². The van der Waals surface area contributed by atoms with Gasteiger partial charge in [0.05, 0.1) is 17.6 Å². The van der Waals surface area contributed by atoms with E-state index >= 15 is 0 Å². The van der Waals surface area contributed by atoms with E-state index in [1.807, 2.05) is 48.4 Å². The lowest BCUT2D eigenvalue weighted by molar-refractivity contribution is 0.102. The number of amides is 1. The van der Waals surface area contributed by atoms with E-state index in [-0.39, 0.29) is 5.91 Å². The van der Waals surface area contributed by atoms with E-state index in [1.54, 1.807) is 6.20 Å². The van der Waals surface area contributed by atoms with Crippen molar-refractivity contribution >= 4 is 22.5 Å². The number of benzene rings is 1. The van der Waals surface area contributed by atoms with E-state index in [2.05, 4.69) is 37.3 Å². The molecule has 6 rings (SSSR count). The first-order valence-corrected chi connectivity index (χ1v) is 13.7. The zero-order chi connectivity index (χ0) is 25.9. The third kappa shape index (κ3) is 5.47. The second-order valence-corrected chi connectivity index (χ2v) is 10.6. The van der Waals surface area contributed by atoms with Crippen LogP contribution in [0.15, 0.2) is 55.0 Å². The molecule has 0 saturated carbocycles. The van der Waals surface area contributed by atoms with Crippen LogP contribution in [0.1, 0.15) is 53.7 Å². The Morgan fingerprint density at radius 2 is 1.58 bits per heavy atom. The second-order valence-electron chi connectivity index (χ2n) is 10.6. The van der Waals surface area contributed by atoms with E-state index in [9.17, 15) is 4.79 Å². The third-order valence-electron chi connectivity index (χ3n) is 7.80. The van der Waals surface area contributed by atoms with Gasteiger partial charge in [-0.2, -0.15) is 5.10 Å². The molecule has 0 bridgehead atoms. The number of nitrogens with zero attached hydrogens (tertiary/aromatic N) is 6. The highest BCUT2D eigenvalue weighted by molar-refractivity contribution is 6.04. The first-order valence-electron chi connectivity index (χ1n) is 13.7. The molecule has 1 aromatic carbocycles. The van der Waals surface area contributed by atoms with Crippen LogP contribution in [0.4, 0.5) is 5.82 Å². The molecule has 5 heterocycles. The molecular formula is C30H35N7O. The Labute approximate surface area is 223 Å². The number of nitrogens with one attached hydrogen (secondary N) is 1. The molecule has 2 fully saturated rings. The van der Waals surface area contributed by atoms with Crippen LogP contribution in [0.5, 0.6) is 0 Å². The highest BCUT2D eigenvalue weighted by Crippen LogP contribution is 2.27. The van der Waals surface area contributed by atoms with Crippen molar-refractivity contribution in [1.29, 1.82) is 0 Å². The molecule has 3 aromatic heterocycles. The summed E-state index contributed by atoms with van der Waals surface area (Å²) in [5.74, 6) is 0.384. The second kappa shape index (κ2) is 11.0. The van der Waals surface area contributed by atoms with Gasteiger partial charge in [0.25, 0.3) is 5.91 Å². The smallest absolute Gasteiger partial charge is 0.256 e. The summed E-state index contributed by atoms with van der Waals surface area (Å²) >= 11 is 0. The predicted octanol–water partition coefficient (Wildman–Crippen LogP) is 4.86. The number of hydrogen-bond acceptors (Lipinski definition) is 6. The van der Waals surface area contributed by atoms with Crippen LogP contribution in [0.2, 0.25) is 0 Å². The molecule has 0 atom stereocenters. The van der Waals surface area contributed by atoms with Gasteiger partial charge < -0.3 is 5.32 Å². The summed E-state index contributed by atoms with van der Waals surface area (Å²) in [6.45, 7) is 6.29. The number of rotatable bonds is 7. The highest BCUT2D eigenvalue weighted by Gasteiger charge is 2.18. The summed E-state index contributed by atoms with van der Waals surface area (Å²) in [5.41, 5.74) is 4.93. The summed E-state index contributed by atoms with van der Waals surface area (Å²) in [5, 5.41) is 9.45. The highest BCUT2D eigenvalue weighted by atomic mass is 16.1. The standard InChI is InChI=1S/C30H35N7O/c1-35-28(21-37-10-3-2-4-11-37)26(19-33-35)27-15-24-16-29(32-18-25(24)17-31-27)34-30(38)23-9-7-8-22(14-23)20-36-12-5-6-13-36/h7-9,14-19H,2-6,10-13,20-21H2,1H3,(H,32,34,38). The van der Waals surface area contributed by atoms with Crippen molar-refractivity contribution in [3.63, 3.8) is 0 Å². The minimum absolute atomic E-state index is 0.148. The van der Waals surface area contributed by atoms with Gasteiger partial charge in [0, 0.05) is 49.0 Å². The van der Waals surface area contributed by atoms with Crippen molar-refractivity contribution in [2.24, 2.45) is 7.05 Å². The van der Waals surface area contributed by atoms with Crippen molar-refractivity contribution in [2.45, 2.75) is 45.2 Å². The van der Waals surface area contributed by atoms with E-state index in [0.29, 0.717) is 11.4 Å². The molecule has 8 nitrogen and oxygen atoms in total. The Balaban J connectivity index is 1.21. The molecule has 2 aliphatic heterocycles. The third-order valence-corrected chi connectivity index (χ3v) is 7.80. The number of carbonyl (C=O) groups is 1. The van der Waals surface area contributed by atoms with E-state index in [4.69, 9.17) is 4.98 Å². The van der Waals surface area contributed by atoms with Gasteiger partial charge in [-0.05, 0) is 87.1 Å². The van der Waals surface area contributed by atoms with Crippen molar-refractivity contribution in [3.8, 4) is 11.3 Å². The first kappa shape index (κ1) is 24.7. The fraction of sp³-hybridized carbons (Fsp3) is 0.400. The molecule has 1 amide bonds. The van der Waals surface area contributed by atoms with Crippen LogP contribution in [-0.4, -0.2) is 61.6 Å². The fourth-order valence-electron chi connectivity index (χ4n) is 5.65. The normalized spacial score (nSPS) is 16.8. The Morgan fingerprint density at radius 1 is 0.842 bits per heavy atom. The summed E-state index contributed by atoms with van der Waals surface area (Å²) in [4.78, 5) is 27.2. The molecule has 38 heavy (non-hydrogen) atoms. The number of pyridine rings is 2. The SMILES string of the molecule is Cn1ncc(-c2cc3cc(NC(=O)c4cccc(CN5CCCC5)c4)ncc3cn2)c1CN1CCCCC1. The number of hydrogen-bond donors (Lipinski definition) is 1. The molecule has 4 aromatic rings. The van der Waals surface area contributed by atoms with Crippen molar-refractivity contribution in [3.05, 3.63) is 71.8 Å². The Hall–Kier alpha value is -3.62. The monoisotopic (exact) mass is 509 g/mol. The van der Waals surface area contributed by atoms with Crippen molar-refractivity contribution < 1.29 is 4.79 Å². The Morgan fingerprint density at radius 3 is 2.39 bits per heavy atom. The molecule has 2 saturated heterocycles. The minimum atomic E-state index is -0.148. The summed E-state index contributed by atoms with van der Waals surface area (Å²) in [6, 6.07) is 11.9. The molecule has 0 unspecified atom stereocenters. The van der Waals surface area contributed by atoms with Gasteiger partial charge in [0.1, 0.15) is 5.82 Å². The van der Waals surface area contributed by atoms with Gasteiger partial charge in [0.2, 0.25) is 0 Å². The number of anilines is 1. The van der Waals surface area contributed by atoms with Crippen LogP contribution < -0.4 is 5.32 Å². The topological polar surface area (TPSA) is 79.2 Å². The Kier molecular flexibility index (Phi) is 7.16. The molecule has 8 heteroatoms. The molecule has 0 radical (unpaired) electrons.